The molecule has 4 rings (SSSR count). The minimum atomic E-state index is -1.28. The number of amides is 3. The number of hydrogen-bond acceptors (Lipinski definition) is 7. The quantitative estimate of drug-likeness (QED) is 0.0335. The number of aliphatic imine (C=N–C) groups is 2. The molecule has 0 bridgehead atoms. The number of carbonyl (C=O) groups is 4. The maximum atomic E-state index is 14.1. The highest BCUT2D eigenvalue weighted by atomic mass is 16.4. The number of carboxylic acid groups (broad SMARTS) is 1. The number of aromatic nitrogens is 2. The number of rotatable bonds is 19. The number of H-pyrrole nitrogens is 2. The van der Waals surface area contributed by atoms with E-state index in [1.165, 1.54) is 0 Å². The molecule has 4 aromatic rings. The Hall–Kier alpha value is -6.10. The van der Waals surface area contributed by atoms with Crippen molar-refractivity contribution in [2.75, 3.05) is 13.1 Å². The average molecular weight is 703 g/mol. The zero-order chi connectivity index (χ0) is 36.9. The van der Waals surface area contributed by atoms with Crippen LogP contribution in [0.5, 0.6) is 0 Å². The summed E-state index contributed by atoms with van der Waals surface area (Å²) in [6.45, 7) is 0.446. The van der Waals surface area contributed by atoms with E-state index in [2.05, 4.69) is 35.9 Å². The van der Waals surface area contributed by atoms with E-state index in [-0.39, 0.29) is 57.1 Å². The number of benzene rings is 2. The summed E-state index contributed by atoms with van der Waals surface area (Å²) in [6, 6.07) is 10.3. The molecule has 0 fully saturated rings. The molecule has 16 N–H and O–H groups in total. The molecule has 0 spiro atoms. The number of carboxylic acids is 1. The first kappa shape index (κ1) is 37.7. The summed E-state index contributed by atoms with van der Waals surface area (Å²) in [7, 11) is 0. The van der Waals surface area contributed by atoms with Crippen LogP contribution in [-0.4, -0.2) is 87.9 Å². The molecule has 3 amide bonds. The van der Waals surface area contributed by atoms with Gasteiger partial charge in [0.05, 0.1) is 6.04 Å². The van der Waals surface area contributed by atoms with Crippen molar-refractivity contribution in [3.05, 3.63) is 72.1 Å². The van der Waals surface area contributed by atoms with E-state index in [1.54, 1.807) is 12.4 Å². The molecule has 51 heavy (non-hydrogen) atoms. The van der Waals surface area contributed by atoms with Gasteiger partial charge in [0.2, 0.25) is 17.7 Å². The molecule has 17 nitrogen and oxygen atoms in total. The topological polar surface area (TPSA) is 311 Å². The molecule has 2 aromatic heterocycles. The fraction of sp³-hybridized carbons (Fsp3) is 0.353. The number of para-hydroxylation sites is 2. The monoisotopic (exact) mass is 702 g/mol. The number of nitrogens with zero attached hydrogens (tertiary/aromatic N) is 2. The molecule has 0 aliphatic carbocycles. The number of nitrogens with one attached hydrogen (secondary N) is 5. The van der Waals surface area contributed by atoms with Crippen molar-refractivity contribution in [2.45, 2.75) is 62.7 Å². The Bertz CT molecular complexity index is 1880. The van der Waals surface area contributed by atoms with E-state index in [1.807, 2.05) is 48.5 Å². The average Bonchev–Trinajstić information content (AvgIpc) is 3.70. The van der Waals surface area contributed by atoms with Crippen molar-refractivity contribution in [1.29, 1.82) is 0 Å². The third-order valence-electron chi connectivity index (χ3n) is 8.33. The molecule has 2 heterocycles. The minimum absolute atomic E-state index is 0.0139. The molecule has 4 atom stereocenters. The second kappa shape index (κ2) is 18.1. The Labute approximate surface area is 293 Å². The predicted molar refractivity (Wildman–Crippen MR) is 195 cm³/mol. The van der Waals surface area contributed by atoms with E-state index in [0.717, 1.165) is 27.4 Å². The number of nitrogens with two attached hydrogens (primary N) is 5. The van der Waals surface area contributed by atoms with Crippen LogP contribution in [0.3, 0.4) is 0 Å². The summed E-state index contributed by atoms with van der Waals surface area (Å²) in [5.74, 6) is -3.44. The number of aromatic amines is 2. The Morgan fingerprint density at radius 3 is 1.55 bits per heavy atom. The number of guanidine groups is 2. The molecular formula is C34H46N12O5. The van der Waals surface area contributed by atoms with Gasteiger partial charge in [-0.3, -0.25) is 24.4 Å². The first-order valence-corrected chi connectivity index (χ1v) is 16.5. The summed E-state index contributed by atoms with van der Waals surface area (Å²) in [5.41, 5.74) is 30.8. The maximum absolute atomic E-state index is 14.1. The third kappa shape index (κ3) is 10.9. The van der Waals surface area contributed by atoms with Gasteiger partial charge in [-0.05, 0) is 48.9 Å². The highest BCUT2D eigenvalue weighted by Gasteiger charge is 2.31. The van der Waals surface area contributed by atoms with E-state index in [4.69, 9.17) is 28.7 Å². The summed E-state index contributed by atoms with van der Waals surface area (Å²) >= 11 is 0. The summed E-state index contributed by atoms with van der Waals surface area (Å²) in [5, 5.41) is 19.7. The van der Waals surface area contributed by atoms with Gasteiger partial charge in [0.1, 0.15) is 18.1 Å². The second-order valence-electron chi connectivity index (χ2n) is 12.2. The lowest BCUT2D eigenvalue weighted by Gasteiger charge is -2.25. The van der Waals surface area contributed by atoms with Crippen LogP contribution in [-0.2, 0) is 32.0 Å². The molecule has 17 heteroatoms. The minimum Gasteiger partial charge on any atom is -0.480 e. The third-order valence-corrected chi connectivity index (χ3v) is 8.33. The van der Waals surface area contributed by atoms with E-state index >= 15 is 0 Å². The summed E-state index contributed by atoms with van der Waals surface area (Å²) in [4.78, 5) is 67.5. The molecule has 0 saturated carbocycles. The van der Waals surface area contributed by atoms with Crippen LogP contribution < -0.4 is 44.6 Å². The SMILES string of the molecule is NC(N)=NCCCC(N)C(=O)NC(Cc1c[nH]c2ccccc12)C(=O)NC(Cc1c[nH]c2ccccc12)C(=O)NC(CCCN=C(N)N)C(=O)O. The smallest absolute Gasteiger partial charge is 0.326 e. The van der Waals surface area contributed by atoms with Crippen molar-refractivity contribution in [1.82, 2.24) is 25.9 Å². The number of fused-ring (bicyclic) bond motifs is 2. The summed E-state index contributed by atoms with van der Waals surface area (Å²) < 4.78 is 0. The van der Waals surface area contributed by atoms with Gasteiger partial charge in [-0.2, -0.15) is 0 Å². The number of hydrogen-bond donors (Lipinski definition) is 11. The van der Waals surface area contributed by atoms with Gasteiger partial charge in [0.15, 0.2) is 11.9 Å². The van der Waals surface area contributed by atoms with Crippen molar-refractivity contribution in [2.24, 2.45) is 38.7 Å². The first-order chi connectivity index (χ1) is 24.4. The fourth-order valence-electron chi connectivity index (χ4n) is 5.69. The van der Waals surface area contributed by atoms with Gasteiger partial charge < -0.3 is 59.7 Å². The van der Waals surface area contributed by atoms with Crippen LogP contribution in [0.2, 0.25) is 0 Å². The van der Waals surface area contributed by atoms with Gasteiger partial charge in [-0.1, -0.05) is 36.4 Å². The van der Waals surface area contributed by atoms with Crippen LogP contribution in [0.1, 0.15) is 36.8 Å². The van der Waals surface area contributed by atoms with E-state index < -0.39 is 47.9 Å². The Kier molecular flexibility index (Phi) is 13.3. The van der Waals surface area contributed by atoms with Crippen LogP contribution in [0.25, 0.3) is 21.8 Å². The van der Waals surface area contributed by atoms with Gasteiger partial charge >= 0.3 is 5.97 Å². The highest BCUT2D eigenvalue weighted by molar-refractivity contribution is 5.95. The molecule has 0 aliphatic heterocycles. The second-order valence-corrected chi connectivity index (χ2v) is 12.2. The van der Waals surface area contributed by atoms with Gasteiger partial charge in [-0.25, -0.2) is 4.79 Å². The van der Waals surface area contributed by atoms with Gasteiger partial charge in [0.25, 0.3) is 0 Å². The van der Waals surface area contributed by atoms with Crippen molar-refractivity contribution in [3.63, 3.8) is 0 Å². The molecular weight excluding hydrogens is 656 g/mol. The molecule has 0 aliphatic rings. The predicted octanol–water partition coefficient (Wildman–Crippen LogP) is -0.592. The normalized spacial score (nSPS) is 13.4. The largest absolute Gasteiger partial charge is 0.480 e. The lowest BCUT2D eigenvalue weighted by atomic mass is 10.0. The van der Waals surface area contributed by atoms with Crippen molar-refractivity contribution >= 4 is 57.4 Å². The Morgan fingerprint density at radius 2 is 1.08 bits per heavy atom. The van der Waals surface area contributed by atoms with E-state index in [9.17, 15) is 24.3 Å². The summed E-state index contributed by atoms with van der Waals surface area (Å²) in [6.07, 6.45) is 4.54. The molecule has 272 valence electrons. The molecule has 2 aromatic carbocycles. The lowest BCUT2D eigenvalue weighted by Crippen LogP contribution is -2.58. The lowest BCUT2D eigenvalue weighted by molar-refractivity contribution is -0.142. The number of aliphatic carboxylic acids is 1. The van der Waals surface area contributed by atoms with Gasteiger partial charge in [0, 0.05) is 60.1 Å². The van der Waals surface area contributed by atoms with Crippen molar-refractivity contribution < 1.29 is 24.3 Å². The van der Waals surface area contributed by atoms with Crippen LogP contribution >= 0.6 is 0 Å². The Balaban J connectivity index is 1.59. The Morgan fingerprint density at radius 1 is 0.647 bits per heavy atom. The maximum Gasteiger partial charge on any atom is 0.326 e. The first-order valence-electron chi connectivity index (χ1n) is 16.5. The van der Waals surface area contributed by atoms with Crippen LogP contribution in [0.4, 0.5) is 0 Å². The molecule has 0 saturated heterocycles. The zero-order valence-electron chi connectivity index (χ0n) is 28.1. The van der Waals surface area contributed by atoms with E-state index in [0.29, 0.717) is 12.0 Å². The molecule has 0 radical (unpaired) electrons. The van der Waals surface area contributed by atoms with Crippen LogP contribution in [0, 0.1) is 0 Å². The zero-order valence-corrected chi connectivity index (χ0v) is 28.1. The fourth-order valence-corrected chi connectivity index (χ4v) is 5.69. The standard InChI is InChI=1S/C34H46N12O5/c35-23(9-5-13-40-33(36)37)29(47)45-27(15-19-17-42-24-10-3-1-7-21(19)24)31(49)46-28(16-20-18-43-25-11-4-2-8-22(20)25)30(48)44-26(32(50)51)12-6-14-41-34(38)39/h1-4,7-8,10-11,17-18,23,26-28,42-43H,5-6,9,12-16,35H2,(H,44,48)(H,45,47)(H,46,49)(H,50,51)(H4,36,37,40)(H4,38,39,41). The van der Waals surface area contributed by atoms with Crippen LogP contribution in [0.15, 0.2) is 70.9 Å². The van der Waals surface area contributed by atoms with Gasteiger partial charge in [-0.15, -0.1) is 0 Å². The highest BCUT2D eigenvalue weighted by Crippen LogP contribution is 2.21. The number of carbonyl (C=O) groups excluding carboxylic acids is 3. The molecule has 4 unspecified atom stereocenters. The van der Waals surface area contributed by atoms with Crippen molar-refractivity contribution in [3.8, 4) is 0 Å².